The lowest BCUT2D eigenvalue weighted by atomic mass is 10.2. The van der Waals surface area contributed by atoms with Gasteiger partial charge in [0.25, 0.3) is 5.91 Å². The monoisotopic (exact) mass is 338 g/mol. The lowest BCUT2D eigenvalue weighted by Gasteiger charge is -2.27. The van der Waals surface area contributed by atoms with Crippen LogP contribution in [0.4, 0.5) is 5.69 Å². The predicted octanol–water partition coefficient (Wildman–Crippen LogP) is 3.50. The van der Waals surface area contributed by atoms with Crippen LogP contribution in [0.25, 0.3) is 11.0 Å². The maximum Gasteiger partial charge on any atom is 0.291 e. The molecule has 0 saturated carbocycles. The third-order valence-corrected chi connectivity index (χ3v) is 4.66. The summed E-state index contributed by atoms with van der Waals surface area (Å²) in [4.78, 5) is 19.4. The first-order chi connectivity index (χ1) is 12.2. The molecule has 1 aliphatic rings. The van der Waals surface area contributed by atoms with Crippen molar-refractivity contribution in [3.05, 3.63) is 48.2 Å². The first-order valence-corrected chi connectivity index (χ1v) is 8.81. The molecule has 2 aromatic heterocycles. The summed E-state index contributed by atoms with van der Waals surface area (Å²) in [6, 6.07) is 9.23. The van der Waals surface area contributed by atoms with Crippen LogP contribution in [-0.2, 0) is 13.1 Å². The van der Waals surface area contributed by atoms with E-state index in [4.69, 9.17) is 9.40 Å². The van der Waals surface area contributed by atoms with E-state index in [1.807, 2.05) is 18.2 Å². The van der Waals surface area contributed by atoms with Gasteiger partial charge in [0, 0.05) is 18.8 Å². The second-order valence-corrected chi connectivity index (χ2v) is 6.44. The average molecular weight is 338 g/mol. The van der Waals surface area contributed by atoms with Crippen LogP contribution >= 0.6 is 0 Å². The highest BCUT2D eigenvalue weighted by atomic mass is 16.3. The van der Waals surface area contributed by atoms with E-state index in [0.717, 1.165) is 48.7 Å². The van der Waals surface area contributed by atoms with Crippen molar-refractivity contribution in [2.45, 2.75) is 32.9 Å². The molecule has 0 spiro atoms. The molecular formula is C19H22N4O2. The van der Waals surface area contributed by atoms with Crippen molar-refractivity contribution in [2.24, 2.45) is 0 Å². The van der Waals surface area contributed by atoms with Gasteiger partial charge in [0.05, 0.1) is 23.8 Å². The molecular weight excluding hydrogens is 316 g/mol. The Hall–Kier alpha value is -2.60. The Morgan fingerprint density at radius 3 is 3.04 bits per heavy atom. The van der Waals surface area contributed by atoms with Crippen molar-refractivity contribution < 1.29 is 9.21 Å². The molecule has 25 heavy (non-hydrogen) atoms. The van der Waals surface area contributed by atoms with E-state index in [1.54, 1.807) is 12.1 Å². The van der Waals surface area contributed by atoms with Crippen LogP contribution in [0.2, 0.25) is 0 Å². The Morgan fingerprint density at radius 1 is 1.32 bits per heavy atom. The SMILES string of the molecule is CCCCN1CCn2c(nc3cc(NC(=O)c4ccco4)ccc32)C1. The molecule has 6 nitrogen and oxygen atoms in total. The van der Waals surface area contributed by atoms with Crippen LogP contribution < -0.4 is 5.32 Å². The number of imidazole rings is 1. The molecule has 1 aliphatic heterocycles. The normalized spacial score (nSPS) is 14.6. The third-order valence-electron chi connectivity index (χ3n) is 4.66. The van der Waals surface area contributed by atoms with Crippen molar-refractivity contribution in [2.75, 3.05) is 18.4 Å². The minimum atomic E-state index is -0.251. The molecule has 1 aromatic carbocycles. The van der Waals surface area contributed by atoms with Gasteiger partial charge in [-0.15, -0.1) is 0 Å². The van der Waals surface area contributed by atoms with Crippen molar-refractivity contribution >= 4 is 22.6 Å². The van der Waals surface area contributed by atoms with Crippen LogP contribution in [0.3, 0.4) is 0 Å². The van der Waals surface area contributed by atoms with Crippen LogP contribution in [0.1, 0.15) is 36.1 Å². The Morgan fingerprint density at radius 2 is 2.24 bits per heavy atom. The molecule has 0 saturated heterocycles. The minimum Gasteiger partial charge on any atom is -0.459 e. The fourth-order valence-electron chi connectivity index (χ4n) is 3.32. The summed E-state index contributed by atoms with van der Waals surface area (Å²) in [7, 11) is 0. The van der Waals surface area contributed by atoms with Gasteiger partial charge in [0.1, 0.15) is 5.82 Å². The fraction of sp³-hybridized carbons (Fsp3) is 0.368. The first-order valence-electron chi connectivity index (χ1n) is 8.81. The van der Waals surface area contributed by atoms with Crippen molar-refractivity contribution in [3.63, 3.8) is 0 Å². The predicted molar refractivity (Wildman–Crippen MR) is 96.6 cm³/mol. The summed E-state index contributed by atoms with van der Waals surface area (Å²) in [5.74, 6) is 1.15. The van der Waals surface area contributed by atoms with Gasteiger partial charge in [-0.25, -0.2) is 4.98 Å². The van der Waals surface area contributed by atoms with E-state index in [9.17, 15) is 4.79 Å². The second kappa shape index (κ2) is 6.72. The largest absolute Gasteiger partial charge is 0.459 e. The van der Waals surface area contributed by atoms with Gasteiger partial charge >= 0.3 is 0 Å². The number of benzene rings is 1. The van der Waals surface area contributed by atoms with E-state index in [2.05, 4.69) is 21.7 Å². The quantitative estimate of drug-likeness (QED) is 0.773. The summed E-state index contributed by atoms with van der Waals surface area (Å²) in [6.45, 7) is 6.27. The number of unbranched alkanes of at least 4 members (excludes halogenated alkanes) is 1. The Bertz CT molecular complexity index is 882. The number of hydrogen-bond acceptors (Lipinski definition) is 4. The van der Waals surface area contributed by atoms with Gasteiger partial charge in [0.15, 0.2) is 5.76 Å². The van der Waals surface area contributed by atoms with Crippen LogP contribution in [0.15, 0.2) is 41.0 Å². The summed E-state index contributed by atoms with van der Waals surface area (Å²) in [5, 5.41) is 2.86. The molecule has 3 heterocycles. The van der Waals surface area contributed by atoms with Crippen molar-refractivity contribution in [1.29, 1.82) is 0 Å². The molecule has 4 rings (SSSR count). The number of nitrogens with zero attached hydrogens (tertiary/aromatic N) is 3. The number of furan rings is 1. The maximum absolute atomic E-state index is 12.1. The molecule has 1 N–H and O–H groups in total. The van der Waals surface area contributed by atoms with Gasteiger partial charge < -0.3 is 14.3 Å². The van der Waals surface area contributed by atoms with Gasteiger partial charge in [-0.05, 0) is 43.3 Å². The van der Waals surface area contributed by atoms with Gasteiger partial charge in [0.2, 0.25) is 0 Å². The van der Waals surface area contributed by atoms with E-state index in [0.29, 0.717) is 5.76 Å². The number of anilines is 1. The second-order valence-electron chi connectivity index (χ2n) is 6.44. The maximum atomic E-state index is 12.1. The first kappa shape index (κ1) is 15.9. The summed E-state index contributed by atoms with van der Waals surface area (Å²) in [5.41, 5.74) is 2.78. The highest BCUT2D eigenvalue weighted by Gasteiger charge is 2.20. The molecule has 0 atom stereocenters. The highest BCUT2D eigenvalue weighted by molar-refractivity contribution is 6.03. The van der Waals surface area contributed by atoms with Crippen LogP contribution in [0, 0.1) is 0 Å². The van der Waals surface area contributed by atoms with E-state index < -0.39 is 0 Å². The third kappa shape index (κ3) is 3.17. The highest BCUT2D eigenvalue weighted by Crippen LogP contribution is 2.24. The Kier molecular flexibility index (Phi) is 4.28. The minimum absolute atomic E-state index is 0.251. The van der Waals surface area contributed by atoms with E-state index >= 15 is 0 Å². The number of rotatable bonds is 5. The molecule has 0 fully saturated rings. The Labute approximate surface area is 146 Å². The molecule has 3 aromatic rings. The lowest BCUT2D eigenvalue weighted by Crippen LogP contribution is -2.34. The molecule has 0 bridgehead atoms. The summed E-state index contributed by atoms with van der Waals surface area (Å²) in [6.07, 6.45) is 3.93. The van der Waals surface area contributed by atoms with Gasteiger partial charge in [-0.2, -0.15) is 0 Å². The number of carbonyl (C=O) groups is 1. The molecule has 6 heteroatoms. The number of aromatic nitrogens is 2. The van der Waals surface area contributed by atoms with Crippen molar-refractivity contribution in [1.82, 2.24) is 14.5 Å². The molecule has 130 valence electrons. The molecule has 0 unspecified atom stereocenters. The zero-order valence-electron chi connectivity index (χ0n) is 14.4. The van der Waals surface area contributed by atoms with Crippen LogP contribution in [0.5, 0.6) is 0 Å². The number of fused-ring (bicyclic) bond motifs is 3. The zero-order valence-corrected chi connectivity index (χ0v) is 14.4. The lowest BCUT2D eigenvalue weighted by molar-refractivity contribution is 0.0996. The van der Waals surface area contributed by atoms with E-state index in [-0.39, 0.29) is 5.91 Å². The summed E-state index contributed by atoms with van der Waals surface area (Å²) < 4.78 is 7.42. The fourth-order valence-corrected chi connectivity index (χ4v) is 3.32. The number of amides is 1. The number of hydrogen-bond donors (Lipinski definition) is 1. The summed E-state index contributed by atoms with van der Waals surface area (Å²) >= 11 is 0. The molecule has 0 aliphatic carbocycles. The number of carbonyl (C=O) groups excluding carboxylic acids is 1. The molecule has 0 radical (unpaired) electrons. The van der Waals surface area contributed by atoms with E-state index in [1.165, 1.54) is 19.1 Å². The van der Waals surface area contributed by atoms with Gasteiger partial charge in [-0.1, -0.05) is 13.3 Å². The van der Waals surface area contributed by atoms with Crippen LogP contribution in [-0.4, -0.2) is 33.4 Å². The van der Waals surface area contributed by atoms with Crippen molar-refractivity contribution in [3.8, 4) is 0 Å². The molecule has 1 amide bonds. The standard InChI is InChI=1S/C19H22N4O2/c1-2-3-8-22-9-10-23-16-7-6-14(12-15(16)21-18(23)13-22)20-19(24)17-5-4-11-25-17/h4-7,11-12H,2-3,8-10,13H2,1H3,(H,20,24). The zero-order chi connectivity index (χ0) is 17.2. The Balaban J connectivity index is 1.55. The average Bonchev–Trinajstić information content (AvgIpc) is 3.26. The number of nitrogens with one attached hydrogen (secondary N) is 1. The van der Waals surface area contributed by atoms with Gasteiger partial charge in [-0.3, -0.25) is 9.69 Å². The topological polar surface area (TPSA) is 63.3 Å². The smallest absolute Gasteiger partial charge is 0.291 e.